The van der Waals surface area contributed by atoms with Crippen molar-refractivity contribution in [1.82, 2.24) is 20.1 Å². The smallest absolute Gasteiger partial charge is 0.213 e. The van der Waals surface area contributed by atoms with Gasteiger partial charge in [-0.3, -0.25) is 4.99 Å². The maximum absolute atomic E-state index is 5.54. The second kappa shape index (κ2) is 12.5. The van der Waals surface area contributed by atoms with Gasteiger partial charge in [-0.15, -0.1) is 24.0 Å². The number of hydrogen-bond acceptors (Lipinski definition) is 4. The normalized spacial score (nSPS) is 20.7. The van der Waals surface area contributed by atoms with Crippen LogP contribution in [0.3, 0.4) is 0 Å². The molecule has 3 heterocycles. The molecule has 2 aliphatic heterocycles. The third-order valence-electron chi connectivity index (χ3n) is 5.46. The average Bonchev–Trinajstić information content (AvgIpc) is 3.17. The van der Waals surface area contributed by atoms with Crippen molar-refractivity contribution in [3.05, 3.63) is 23.9 Å². The zero-order valence-corrected chi connectivity index (χ0v) is 19.7. The lowest BCUT2D eigenvalue weighted by Crippen LogP contribution is -2.41. The Labute approximate surface area is 187 Å². The van der Waals surface area contributed by atoms with Crippen molar-refractivity contribution >= 4 is 29.9 Å². The van der Waals surface area contributed by atoms with Gasteiger partial charge in [0.1, 0.15) is 0 Å². The second-order valence-electron chi connectivity index (χ2n) is 7.72. The highest BCUT2D eigenvalue weighted by molar-refractivity contribution is 14.0. The van der Waals surface area contributed by atoms with E-state index in [2.05, 4.69) is 38.1 Å². The molecular formula is C21H36IN5O. The molecule has 0 spiro atoms. The first-order valence-electron chi connectivity index (χ1n) is 10.5. The number of aliphatic imine (C=N–C) groups is 1. The molecule has 2 fully saturated rings. The van der Waals surface area contributed by atoms with Crippen LogP contribution >= 0.6 is 24.0 Å². The monoisotopic (exact) mass is 501 g/mol. The lowest BCUT2D eigenvalue weighted by Gasteiger charge is -2.29. The fourth-order valence-electron chi connectivity index (χ4n) is 4.00. The summed E-state index contributed by atoms with van der Waals surface area (Å²) in [4.78, 5) is 13.9. The van der Waals surface area contributed by atoms with Crippen molar-refractivity contribution in [3.8, 4) is 5.88 Å². The number of halogens is 1. The van der Waals surface area contributed by atoms with Gasteiger partial charge in [0.05, 0.1) is 6.61 Å². The highest BCUT2D eigenvalue weighted by Crippen LogP contribution is 2.20. The molecule has 0 bridgehead atoms. The molecule has 1 aromatic heterocycles. The van der Waals surface area contributed by atoms with Crippen molar-refractivity contribution < 1.29 is 4.74 Å². The van der Waals surface area contributed by atoms with E-state index in [4.69, 9.17) is 4.74 Å². The number of guanidine groups is 1. The maximum atomic E-state index is 5.54. The minimum atomic E-state index is 0. The predicted octanol–water partition coefficient (Wildman–Crippen LogP) is 3.37. The number of nitrogens with zero attached hydrogens (tertiary/aromatic N) is 4. The topological polar surface area (TPSA) is 53.0 Å². The largest absolute Gasteiger partial charge is 0.478 e. The quantitative estimate of drug-likeness (QED) is 0.353. The molecule has 1 atom stereocenters. The standard InChI is InChI=1S/C21H35N5O.HI/c1-3-13-27-20-8-7-18(14-23-20)15-24-21(22-2)26-12-9-19(17-26)16-25-10-5-4-6-11-25;/h7-8,14,19H,3-6,9-13,15-17H2,1-2H3,(H,22,24);1H. The van der Waals surface area contributed by atoms with Gasteiger partial charge in [-0.05, 0) is 50.3 Å². The number of hydrogen-bond donors (Lipinski definition) is 1. The van der Waals surface area contributed by atoms with Gasteiger partial charge >= 0.3 is 0 Å². The Morgan fingerprint density at radius 3 is 2.75 bits per heavy atom. The van der Waals surface area contributed by atoms with Gasteiger partial charge in [0.25, 0.3) is 0 Å². The van der Waals surface area contributed by atoms with Gasteiger partial charge in [0, 0.05) is 45.5 Å². The summed E-state index contributed by atoms with van der Waals surface area (Å²) in [6.45, 7) is 9.57. The first-order chi connectivity index (χ1) is 13.3. The minimum absolute atomic E-state index is 0. The van der Waals surface area contributed by atoms with Crippen molar-refractivity contribution in [2.24, 2.45) is 10.9 Å². The summed E-state index contributed by atoms with van der Waals surface area (Å²) in [5, 5.41) is 3.50. The summed E-state index contributed by atoms with van der Waals surface area (Å²) in [5.41, 5.74) is 1.14. The second-order valence-corrected chi connectivity index (χ2v) is 7.72. The van der Waals surface area contributed by atoms with Crippen LogP contribution in [0.2, 0.25) is 0 Å². The van der Waals surface area contributed by atoms with E-state index in [0.717, 1.165) is 43.5 Å². The number of nitrogens with one attached hydrogen (secondary N) is 1. The number of piperidine rings is 1. The van der Waals surface area contributed by atoms with Gasteiger partial charge in [0.15, 0.2) is 5.96 Å². The first-order valence-corrected chi connectivity index (χ1v) is 10.5. The van der Waals surface area contributed by atoms with E-state index in [1.807, 2.05) is 19.3 Å². The van der Waals surface area contributed by atoms with E-state index in [9.17, 15) is 0 Å². The fraction of sp³-hybridized carbons (Fsp3) is 0.714. The van der Waals surface area contributed by atoms with E-state index in [0.29, 0.717) is 12.5 Å². The first kappa shape index (κ1) is 23.2. The van der Waals surface area contributed by atoms with Crippen LogP contribution in [0, 0.1) is 5.92 Å². The van der Waals surface area contributed by atoms with Crippen LogP contribution in [-0.2, 0) is 6.54 Å². The van der Waals surface area contributed by atoms with Gasteiger partial charge in [-0.1, -0.05) is 19.4 Å². The van der Waals surface area contributed by atoms with Crippen LogP contribution in [0.25, 0.3) is 0 Å². The van der Waals surface area contributed by atoms with Gasteiger partial charge in [0.2, 0.25) is 5.88 Å². The van der Waals surface area contributed by atoms with Crippen molar-refractivity contribution in [1.29, 1.82) is 0 Å². The Morgan fingerprint density at radius 2 is 2.07 bits per heavy atom. The SMILES string of the molecule is CCCOc1ccc(CNC(=NC)N2CCC(CN3CCCCC3)C2)cn1.I. The summed E-state index contributed by atoms with van der Waals surface area (Å²) in [5.74, 6) is 2.46. The molecule has 1 aromatic rings. The molecule has 6 nitrogen and oxygen atoms in total. The van der Waals surface area contributed by atoms with Crippen LogP contribution in [0.1, 0.15) is 44.6 Å². The minimum Gasteiger partial charge on any atom is -0.478 e. The van der Waals surface area contributed by atoms with Gasteiger partial charge < -0.3 is 19.9 Å². The Hall–Kier alpha value is -1.09. The van der Waals surface area contributed by atoms with Crippen LogP contribution < -0.4 is 10.1 Å². The number of ether oxygens (including phenoxy) is 1. The highest BCUT2D eigenvalue weighted by Gasteiger charge is 2.26. The van der Waals surface area contributed by atoms with Crippen LogP contribution in [0.4, 0.5) is 0 Å². The van der Waals surface area contributed by atoms with Crippen LogP contribution in [0.15, 0.2) is 23.3 Å². The van der Waals surface area contributed by atoms with E-state index >= 15 is 0 Å². The summed E-state index contributed by atoms with van der Waals surface area (Å²) in [6.07, 6.45) is 8.29. The van der Waals surface area contributed by atoms with Crippen LogP contribution in [-0.4, -0.2) is 67.1 Å². The number of likely N-dealkylation sites (tertiary alicyclic amines) is 2. The Morgan fingerprint density at radius 1 is 1.25 bits per heavy atom. The van der Waals surface area contributed by atoms with E-state index < -0.39 is 0 Å². The summed E-state index contributed by atoms with van der Waals surface area (Å²) in [6, 6.07) is 4.02. The number of aromatic nitrogens is 1. The molecule has 2 saturated heterocycles. The molecule has 28 heavy (non-hydrogen) atoms. The maximum Gasteiger partial charge on any atom is 0.213 e. The molecule has 1 N–H and O–H groups in total. The molecule has 158 valence electrons. The lowest BCUT2D eigenvalue weighted by molar-refractivity contribution is 0.198. The highest BCUT2D eigenvalue weighted by atomic mass is 127. The molecule has 0 aromatic carbocycles. The molecule has 0 amide bonds. The Bertz CT molecular complexity index is 589. The zero-order chi connectivity index (χ0) is 18.9. The van der Waals surface area contributed by atoms with E-state index in [1.54, 1.807) is 0 Å². The third kappa shape index (κ3) is 7.06. The van der Waals surface area contributed by atoms with Crippen molar-refractivity contribution in [2.45, 2.75) is 45.6 Å². The van der Waals surface area contributed by atoms with Crippen LogP contribution in [0.5, 0.6) is 5.88 Å². The van der Waals surface area contributed by atoms with Gasteiger partial charge in [-0.25, -0.2) is 4.98 Å². The molecule has 1 unspecified atom stereocenters. The number of rotatable bonds is 7. The predicted molar refractivity (Wildman–Crippen MR) is 126 cm³/mol. The van der Waals surface area contributed by atoms with Gasteiger partial charge in [-0.2, -0.15) is 0 Å². The number of pyridine rings is 1. The summed E-state index contributed by atoms with van der Waals surface area (Å²) in [7, 11) is 1.88. The van der Waals surface area contributed by atoms with E-state index in [-0.39, 0.29) is 24.0 Å². The molecule has 7 heteroatoms. The van der Waals surface area contributed by atoms with E-state index in [1.165, 1.54) is 45.3 Å². The average molecular weight is 501 g/mol. The Kier molecular flexibility index (Phi) is 10.3. The molecule has 0 radical (unpaired) electrons. The Balaban J connectivity index is 0.00000280. The molecule has 3 rings (SSSR count). The third-order valence-corrected chi connectivity index (χ3v) is 5.46. The molecule has 0 saturated carbocycles. The zero-order valence-electron chi connectivity index (χ0n) is 17.4. The summed E-state index contributed by atoms with van der Waals surface area (Å²) >= 11 is 0. The lowest BCUT2D eigenvalue weighted by atomic mass is 10.1. The molecular weight excluding hydrogens is 465 g/mol. The molecule has 2 aliphatic rings. The summed E-state index contributed by atoms with van der Waals surface area (Å²) < 4.78 is 5.54. The molecule has 0 aliphatic carbocycles. The van der Waals surface area contributed by atoms with Crippen molar-refractivity contribution in [2.75, 3.05) is 46.4 Å². The van der Waals surface area contributed by atoms with Crippen molar-refractivity contribution in [3.63, 3.8) is 0 Å². The fourth-order valence-corrected chi connectivity index (χ4v) is 4.00.